The van der Waals surface area contributed by atoms with Crippen LogP contribution >= 0.6 is 0 Å². The van der Waals surface area contributed by atoms with Gasteiger partial charge < -0.3 is 0 Å². The second kappa shape index (κ2) is 9.15. The van der Waals surface area contributed by atoms with Gasteiger partial charge in [0.2, 0.25) is 0 Å². The number of rotatable bonds is 7. The molecule has 0 aliphatic carbocycles. The van der Waals surface area contributed by atoms with Gasteiger partial charge in [0.05, 0.1) is 27.6 Å². The van der Waals surface area contributed by atoms with E-state index in [0.29, 0.717) is 11.4 Å². The van der Waals surface area contributed by atoms with Gasteiger partial charge in [0, 0.05) is 24.3 Å². The summed E-state index contributed by atoms with van der Waals surface area (Å²) >= 11 is 0. The topological polar surface area (TPSA) is 131 Å². The summed E-state index contributed by atoms with van der Waals surface area (Å²) in [6.45, 7) is 0. The molecule has 10 nitrogen and oxygen atoms in total. The Hall–Kier alpha value is -4.47. The summed E-state index contributed by atoms with van der Waals surface area (Å²) in [5.41, 5.74) is 1.15. The maximum absolute atomic E-state index is 12.8. The van der Waals surface area contributed by atoms with E-state index in [1.54, 1.807) is 24.3 Å². The lowest BCUT2D eigenvalue weighted by molar-refractivity contribution is -0.385. The second-order valence-electron chi connectivity index (χ2n) is 6.10. The average Bonchev–Trinajstić information content (AvgIpc) is 2.75. The lowest BCUT2D eigenvalue weighted by Gasteiger charge is -2.15. The molecule has 0 fully saturated rings. The molecule has 0 unspecified atom stereocenters. The molecule has 0 aromatic heterocycles. The van der Waals surface area contributed by atoms with E-state index in [1.807, 2.05) is 6.07 Å². The lowest BCUT2D eigenvalue weighted by atomic mass is 10.1. The summed E-state index contributed by atoms with van der Waals surface area (Å²) in [5.74, 6) is -0.402. The Labute approximate surface area is 170 Å². The van der Waals surface area contributed by atoms with Crippen molar-refractivity contribution in [1.29, 1.82) is 0 Å². The summed E-state index contributed by atoms with van der Waals surface area (Å²) < 4.78 is 0. The Morgan fingerprint density at radius 2 is 1.33 bits per heavy atom. The Bertz CT molecular complexity index is 1080. The summed E-state index contributed by atoms with van der Waals surface area (Å²) in [4.78, 5) is 33.4. The van der Waals surface area contributed by atoms with Gasteiger partial charge in [-0.1, -0.05) is 35.6 Å². The maximum Gasteiger partial charge on any atom is 0.269 e. The second-order valence-corrected chi connectivity index (χ2v) is 6.10. The third-order valence-corrected chi connectivity index (χ3v) is 4.05. The molecule has 1 amide bonds. The van der Waals surface area contributed by atoms with Crippen LogP contribution in [0.1, 0.15) is 5.56 Å². The van der Waals surface area contributed by atoms with Gasteiger partial charge in [-0.05, 0) is 29.8 Å². The molecule has 0 heterocycles. The quantitative estimate of drug-likeness (QED) is 0.317. The van der Waals surface area contributed by atoms with Crippen molar-refractivity contribution in [2.45, 2.75) is 6.42 Å². The minimum atomic E-state index is -0.543. The number of carbonyl (C=O) groups is 1. The highest BCUT2D eigenvalue weighted by molar-refractivity contribution is 5.94. The highest BCUT2D eigenvalue weighted by atomic mass is 16.6. The number of nitro groups is 2. The van der Waals surface area contributed by atoms with Crippen LogP contribution in [0.15, 0.2) is 89.2 Å². The molecule has 150 valence electrons. The summed E-state index contributed by atoms with van der Waals surface area (Å²) in [6.07, 6.45) is 0.0388. The van der Waals surface area contributed by atoms with Crippen LogP contribution in [0.4, 0.5) is 22.7 Å². The van der Waals surface area contributed by atoms with Gasteiger partial charge in [-0.25, -0.2) is 0 Å². The van der Waals surface area contributed by atoms with Gasteiger partial charge in [0.1, 0.15) is 0 Å². The molecule has 0 spiro atoms. The first-order chi connectivity index (χ1) is 14.4. The van der Waals surface area contributed by atoms with Crippen LogP contribution in [0.3, 0.4) is 0 Å². The zero-order valence-corrected chi connectivity index (χ0v) is 15.5. The van der Waals surface area contributed by atoms with Crippen molar-refractivity contribution < 1.29 is 14.6 Å². The largest absolute Gasteiger partial charge is 0.272 e. The molecule has 3 aromatic carbocycles. The predicted octanol–water partition coefficient (Wildman–Crippen LogP) is 4.78. The number of nitrogens with zero attached hydrogens (tertiary/aromatic N) is 5. The van der Waals surface area contributed by atoms with Gasteiger partial charge in [-0.15, -0.1) is 5.11 Å². The SMILES string of the molecule is O=C(Cc1ccccc1)N(N=Nc1ccc([N+](=O)[O-])cc1)c1ccc([N+](=O)[O-])cc1. The third-order valence-electron chi connectivity index (χ3n) is 4.05. The number of carbonyl (C=O) groups excluding carboxylic acids is 1. The molecule has 3 rings (SSSR count). The fraction of sp³-hybridized carbons (Fsp3) is 0.0500. The molecule has 0 atom stereocenters. The number of nitro benzene ring substituents is 2. The Balaban J connectivity index is 1.88. The molecule has 0 saturated heterocycles. The molecule has 3 aromatic rings. The normalized spacial score (nSPS) is 10.7. The van der Waals surface area contributed by atoms with Gasteiger partial charge in [-0.3, -0.25) is 25.0 Å². The average molecular weight is 405 g/mol. The van der Waals surface area contributed by atoms with Crippen molar-refractivity contribution in [2.24, 2.45) is 10.3 Å². The summed E-state index contributed by atoms with van der Waals surface area (Å²) in [6, 6.07) is 19.7. The van der Waals surface area contributed by atoms with E-state index < -0.39 is 15.8 Å². The summed E-state index contributed by atoms with van der Waals surface area (Å²) in [7, 11) is 0. The molecular weight excluding hydrogens is 390 g/mol. The monoisotopic (exact) mass is 405 g/mol. The van der Waals surface area contributed by atoms with Gasteiger partial charge in [0.25, 0.3) is 17.3 Å². The fourth-order valence-corrected chi connectivity index (χ4v) is 2.54. The Morgan fingerprint density at radius 3 is 1.87 bits per heavy atom. The minimum Gasteiger partial charge on any atom is -0.272 e. The van der Waals surface area contributed by atoms with Crippen LogP contribution in [0, 0.1) is 20.2 Å². The zero-order chi connectivity index (χ0) is 21.5. The van der Waals surface area contributed by atoms with E-state index >= 15 is 0 Å². The Kier molecular flexibility index (Phi) is 6.18. The van der Waals surface area contributed by atoms with Crippen LogP contribution in [-0.2, 0) is 11.2 Å². The number of non-ortho nitro benzene ring substituents is 2. The number of anilines is 1. The first-order valence-electron chi connectivity index (χ1n) is 8.71. The van der Waals surface area contributed by atoms with Gasteiger partial charge >= 0.3 is 0 Å². The molecule has 0 aliphatic heterocycles. The van der Waals surface area contributed by atoms with E-state index in [2.05, 4.69) is 10.3 Å². The number of amides is 1. The lowest BCUT2D eigenvalue weighted by Crippen LogP contribution is -2.26. The molecule has 0 bridgehead atoms. The van der Waals surface area contributed by atoms with Crippen molar-refractivity contribution in [2.75, 3.05) is 5.01 Å². The number of benzene rings is 3. The Morgan fingerprint density at radius 1 is 0.800 bits per heavy atom. The van der Waals surface area contributed by atoms with E-state index in [-0.39, 0.29) is 17.8 Å². The van der Waals surface area contributed by atoms with Crippen molar-refractivity contribution in [3.63, 3.8) is 0 Å². The fourth-order valence-electron chi connectivity index (χ4n) is 2.54. The first kappa shape index (κ1) is 20.3. The zero-order valence-electron chi connectivity index (χ0n) is 15.5. The van der Waals surface area contributed by atoms with Gasteiger partial charge in [0.15, 0.2) is 0 Å². The van der Waals surface area contributed by atoms with Crippen LogP contribution in [-0.4, -0.2) is 15.8 Å². The van der Waals surface area contributed by atoms with E-state index in [0.717, 1.165) is 10.6 Å². The number of hydrogen-bond donors (Lipinski definition) is 0. The van der Waals surface area contributed by atoms with Gasteiger partial charge in [-0.2, -0.15) is 5.01 Å². The summed E-state index contributed by atoms with van der Waals surface area (Å²) in [5, 5.41) is 30.6. The smallest absolute Gasteiger partial charge is 0.269 e. The molecule has 0 radical (unpaired) electrons. The highest BCUT2D eigenvalue weighted by Gasteiger charge is 2.18. The standard InChI is InChI=1S/C20H15N5O5/c26-20(14-15-4-2-1-3-5-15)23(17-10-12-19(13-11-17)25(29)30)22-21-16-6-8-18(9-7-16)24(27)28/h1-13H,14H2. The first-order valence-corrected chi connectivity index (χ1v) is 8.71. The van der Waals surface area contributed by atoms with Crippen LogP contribution in [0.25, 0.3) is 0 Å². The highest BCUT2D eigenvalue weighted by Crippen LogP contribution is 2.23. The van der Waals surface area contributed by atoms with Crippen molar-refractivity contribution in [1.82, 2.24) is 0 Å². The van der Waals surface area contributed by atoms with Crippen molar-refractivity contribution in [3.8, 4) is 0 Å². The minimum absolute atomic E-state index is 0.0388. The van der Waals surface area contributed by atoms with Crippen molar-refractivity contribution >= 4 is 28.7 Å². The molecule has 10 heteroatoms. The predicted molar refractivity (Wildman–Crippen MR) is 108 cm³/mol. The van der Waals surface area contributed by atoms with E-state index in [4.69, 9.17) is 0 Å². The van der Waals surface area contributed by atoms with E-state index in [9.17, 15) is 25.0 Å². The van der Waals surface area contributed by atoms with Crippen LogP contribution in [0.5, 0.6) is 0 Å². The molecule has 30 heavy (non-hydrogen) atoms. The van der Waals surface area contributed by atoms with E-state index in [1.165, 1.54) is 48.5 Å². The molecule has 0 N–H and O–H groups in total. The number of hydrogen-bond acceptors (Lipinski definition) is 7. The van der Waals surface area contributed by atoms with Crippen LogP contribution < -0.4 is 5.01 Å². The molecule has 0 saturated carbocycles. The molecule has 0 aliphatic rings. The van der Waals surface area contributed by atoms with Crippen LogP contribution in [0.2, 0.25) is 0 Å². The third kappa shape index (κ3) is 5.07. The van der Waals surface area contributed by atoms with Crippen molar-refractivity contribution in [3.05, 3.63) is 105 Å². The maximum atomic E-state index is 12.8. The molecular formula is C20H15N5O5.